The van der Waals surface area contributed by atoms with E-state index in [1.165, 1.54) is 10.9 Å². The van der Waals surface area contributed by atoms with Gasteiger partial charge in [0.05, 0.1) is 13.1 Å². The number of H-pyrrole nitrogens is 1. The third-order valence-electron chi connectivity index (χ3n) is 6.13. The van der Waals surface area contributed by atoms with E-state index < -0.39 is 0 Å². The molecular formula is C23H33N5O2. The molecule has 1 aromatic carbocycles. The van der Waals surface area contributed by atoms with E-state index in [4.69, 9.17) is 0 Å². The molecule has 3 heterocycles. The van der Waals surface area contributed by atoms with Crippen molar-refractivity contribution in [3.63, 3.8) is 0 Å². The number of piperidine rings is 1. The number of amides is 3. The largest absolute Gasteiger partial charge is 0.357 e. The first-order valence-corrected chi connectivity index (χ1v) is 10.8. The van der Waals surface area contributed by atoms with Crippen molar-refractivity contribution >= 4 is 22.8 Å². The maximum Gasteiger partial charge on any atom is 0.318 e. The van der Waals surface area contributed by atoms with Crippen LogP contribution in [0.25, 0.3) is 10.9 Å². The highest BCUT2D eigenvalue weighted by atomic mass is 16.2. The van der Waals surface area contributed by atoms with Gasteiger partial charge in [0.2, 0.25) is 5.91 Å². The predicted octanol–water partition coefficient (Wildman–Crippen LogP) is 2.66. The lowest BCUT2D eigenvalue weighted by molar-refractivity contribution is -0.121. The second kappa shape index (κ2) is 7.61. The highest BCUT2D eigenvalue weighted by Crippen LogP contribution is 2.29. The number of hydrogen-bond donors (Lipinski definition) is 4. The maximum absolute atomic E-state index is 12.6. The number of para-hydroxylation sites is 1. The van der Waals surface area contributed by atoms with Gasteiger partial charge in [0.15, 0.2) is 0 Å². The van der Waals surface area contributed by atoms with E-state index in [1.807, 2.05) is 12.1 Å². The van der Waals surface area contributed by atoms with Crippen molar-refractivity contribution in [1.82, 2.24) is 25.8 Å². The minimum Gasteiger partial charge on any atom is -0.357 e. The molecule has 30 heavy (non-hydrogen) atoms. The number of aromatic amines is 1. The van der Waals surface area contributed by atoms with Crippen LogP contribution in [-0.2, 0) is 17.8 Å². The Balaban J connectivity index is 1.30. The molecule has 0 bridgehead atoms. The third kappa shape index (κ3) is 4.46. The zero-order valence-electron chi connectivity index (χ0n) is 18.4. The average molecular weight is 412 g/mol. The molecule has 2 aliphatic rings. The number of nitrogens with zero attached hydrogens (tertiary/aromatic N) is 1. The summed E-state index contributed by atoms with van der Waals surface area (Å²) in [6.45, 7) is 9.81. The van der Waals surface area contributed by atoms with E-state index in [2.05, 4.69) is 60.8 Å². The second-order valence-corrected chi connectivity index (χ2v) is 10.0. The van der Waals surface area contributed by atoms with Crippen molar-refractivity contribution in [2.75, 3.05) is 13.1 Å². The summed E-state index contributed by atoms with van der Waals surface area (Å²) in [5.41, 5.74) is 3.42. The average Bonchev–Trinajstić information content (AvgIpc) is 3.01. The molecule has 3 amide bonds. The van der Waals surface area contributed by atoms with Crippen molar-refractivity contribution in [2.24, 2.45) is 0 Å². The third-order valence-corrected chi connectivity index (χ3v) is 6.13. The topological polar surface area (TPSA) is 89.3 Å². The number of carbonyl (C=O) groups is 2. The summed E-state index contributed by atoms with van der Waals surface area (Å²) < 4.78 is 0. The fraction of sp³-hybridized carbons (Fsp3) is 0.565. The Bertz CT molecular complexity index is 946. The lowest BCUT2D eigenvalue weighted by atomic mass is 9.79. The molecule has 0 aliphatic carbocycles. The van der Waals surface area contributed by atoms with Crippen LogP contribution < -0.4 is 16.0 Å². The predicted molar refractivity (Wildman–Crippen MR) is 118 cm³/mol. The van der Waals surface area contributed by atoms with Gasteiger partial charge in [-0.25, -0.2) is 4.79 Å². The maximum atomic E-state index is 12.6. The van der Waals surface area contributed by atoms with E-state index in [1.54, 1.807) is 4.90 Å². The molecular weight excluding hydrogens is 378 g/mol. The first-order valence-electron chi connectivity index (χ1n) is 10.8. The smallest absolute Gasteiger partial charge is 0.318 e. The second-order valence-electron chi connectivity index (χ2n) is 10.0. The number of aromatic nitrogens is 1. The number of carbonyl (C=O) groups excluding carboxylic acids is 2. The van der Waals surface area contributed by atoms with Gasteiger partial charge in [-0.3, -0.25) is 4.79 Å². The van der Waals surface area contributed by atoms with Crippen LogP contribution in [-0.4, -0.2) is 52.0 Å². The minimum atomic E-state index is -0.194. The monoisotopic (exact) mass is 411 g/mol. The quantitative estimate of drug-likeness (QED) is 0.626. The molecule has 2 aromatic rings. The molecule has 2 aliphatic heterocycles. The molecule has 0 radical (unpaired) electrons. The zero-order valence-corrected chi connectivity index (χ0v) is 18.4. The van der Waals surface area contributed by atoms with Crippen molar-refractivity contribution in [2.45, 2.75) is 70.6 Å². The first kappa shape index (κ1) is 20.7. The molecule has 4 rings (SSSR count). The fourth-order valence-corrected chi connectivity index (χ4v) is 5.34. The molecule has 7 heteroatoms. The number of fused-ring (bicyclic) bond motifs is 3. The molecule has 0 atom stereocenters. The lowest BCUT2D eigenvalue weighted by Gasteiger charge is -2.46. The highest BCUT2D eigenvalue weighted by Gasteiger charge is 2.38. The Morgan fingerprint density at radius 2 is 1.83 bits per heavy atom. The van der Waals surface area contributed by atoms with Gasteiger partial charge < -0.3 is 25.8 Å². The zero-order chi connectivity index (χ0) is 21.5. The normalized spacial score (nSPS) is 20.6. The summed E-state index contributed by atoms with van der Waals surface area (Å²) in [7, 11) is 0. The number of benzene rings is 1. The first-order chi connectivity index (χ1) is 14.1. The van der Waals surface area contributed by atoms with E-state index in [9.17, 15) is 9.59 Å². The Hall–Kier alpha value is -2.54. The molecule has 0 spiro atoms. The molecule has 162 valence electrons. The molecule has 1 saturated heterocycles. The highest BCUT2D eigenvalue weighted by molar-refractivity contribution is 5.86. The van der Waals surface area contributed by atoms with E-state index >= 15 is 0 Å². The summed E-state index contributed by atoms with van der Waals surface area (Å²) in [4.78, 5) is 30.3. The van der Waals surface area contributed by atoms with Gasteiger partial charge in [-0.1, -0.05) is 18.2 Å². The van der Waals surface area contributed by atoms with Gasteiger partial charge >= 0.3 is 6.03 Å². The van der Waals surface area contributed by atoms with Gasteiger partial charge in [-0.05, 0) is 58.6 Å². The minimum absolute atomic E-state index is 0.000320. The van der Waals surface area contributed by atoms with Crippen molar-refractivity contribution in [3.05, 3.63) is 35.5 Å². The van der Waals surface area contributed by atoms with Crippen LogP contribution in [0, 0.1) is 0 Å². The molecule has 0 unspecified atom stereocenters. The van der Waals surface area contributed by atoms with E-state index in [-0.39, 0.29) is 35.6 Å². The Kier molecular flexibility index (Phi) is 5.26. The van der Waals surface area contributed by atoms with Crippen LogP contribution in [0.4, 0.5) is 4.79 Å². The van der Waals surface area contributed by atoms with E-state index in [0.717, 1.165) is 30.5 Å². The van der Waals surface area contributed by atoms with Crippen LogP contribution in [0.5, 0.6) is 0 Å². The molecule has 1 fully saturated rings. The fourth-order valence-electron chi connectivity index (χ4n) is 5.34. The van der Waals surface area contributed by atoms with Crippen LogP contribution >= 0.6 is 0 Å². The number of hydrogen-bond acceptors (Lipinski definition) is 3. The molecule has 4 N–H and O–H groups in total. The Labute approximate surface area is 178 Å². The standard InChI is InChI=1S/C23H33N5O2/c1-22(2)11-15(12-23(3,4)27-22)25-20(29)13-24-21(30)28-10-9-17-16-7-5-6-8-18(16)26-19(17)14-28/h5-8,15,26-27H,9-14H2,1-4H3,(H,24,30)(H,25,29). The van der Waals surface area contributed by atoms with Gasteiger partial charge in [-0.2, -0.15) is 0 Å². The lowest BCUT2D eigenvalue weighted by Crippen LogP contribution is -2.62. The van der Waals surface area contributed by atoms with Crippen LogP contribution in [0.1, 0.15) is 51.8 Å². The van der Waals surface area contributed by atoms with Gasteiger partial charge in [-0.15, -0.1) is 0 Å². The van der Waals surface area contributed by atoms with Gasteiger partial charge in [0.1, 0.15) is 0 Å². The SMILES string of the molecule is CC1(C)CC(NC(=O)CNC(=O)N2CCc3c([nH]c4ccccc34)C2)CC(C)(C)N1. The van der Waals surface area contributed by atoms with E-state index in [0.29, 0.717) is 13.1 Å². The number of nitrogens with one attached hydrogen (secondary N) is 4. The summed E-state index contributed by atoms with van der Waals surface area (Å²) in [6.07, 6.45) is 2.55. The number of rotatable bonds is 3. The van der Waals surface area contributed by atoms with Gasteiger partial charge in [0.25, 0.3) is 0 Å². The van der Waals surface area contributed by atoms with Crippen LogP contribution in [0.2, 0.25) is 0 Å². The Morgan fingerprint density at radius 1 is 1.13 bits per heavy atom. The summed E-state index contributed by atoms with van der Waals surface area (Å²) in [5, 5.41) is 10.7. The van der Waals surface area contributed by atoms with Crippen LogP contribution in [0.15, 0.2) is 24.3 Å². The van der Waals surface area contributed by atoms with Crippen molar-refractivity contribution in [3.8, 4) is 0 Å². The summed E-state index contributed by atoms with van der Waals surface area (Å²) >= 11 is 0. The van der Waals surface area contributed by atoms with Gasteiger partial charge in [0, 0.05) is 40.3 Å². The van der Waals surface area contributed by atoms with Crippen molar-refractivity contribution < 1.29 is 9.59 Å². The Morgan fingerprint density at radius 3 is 2.57 bits per heavy atom. The molecule has 0 saturated carbocycles. The van der Waals surface area contributed by atoms with Crippen LogP contribution in [0.3, 0.4) is 0 Å². The number of urea groups is 1. The summed E-state index contributed by atoms with van der Waals surface area (Å²) in [6, 6.07) is 8.14. The molecule has 7 nitrogen and oxygen atoms in total. The van der Waals surface area contributed by atoms with Crippen molar-refractivity contribution in [1.29, 1.82) is 0 Å². The molecule has 1 aromatic heterocycles. The summed E-state index contributed by atoms with van der Waals surface area (Å²) in [5.74, 6) is -0.134.